The number of hydrogen-bond donors (Lipinski definition) is 0. The summed E-state index contributed by atoms with van der Waals surface area (Å²) in [6.45, 7) is 15.7. The molecule has 0 aliphatic heterocycles. The molecule has 4 bridgehead atoms. The quantitative estimate of drug-likeness (QED) is 0.477. The molecule has 0 N–H and O–H groups in total. The standard InChI is InChI=1S/C18H30Si2/c1-19(2,3)16-11-12-7-9-14-15-10-8-13(12)17(16)18(14,15)20(4,5)6/h7,9,11-15,17H,8,10H2,1-6H3. The van der Waals surface area contributed by atoms with Crippen LogP contribution in [0.2, 0.25) is 44.3 Å². The van der Waals surface area contributed by atoms with Crippen LogP contribution in [0, 0.1) is 29.6 Å². The van der Waals surface area contributed by atoms with E-state index >= 15 is 0 Å². The van der Waals surface area contributed by atoms with Gasteiger partial charge in [0.15, 0.2) is 0 Å². The van der Waals surface area contributed by atoms with Crippen LogP contribution in [-0.2, 0) is 0 Å². The predicted molar refractivity (Wildman–Crippen MR) is 93.3 cm³/mol. The summed E-state index contributed by atoms with van der Waals surface area (Å²) in [6.07, 6.45) is 11.1. The molecule has 0 saturated heterocycles. The van der Waals surface area contributed by atoms with Gasteiger partial charge in [0.25, 0.3) is 0 Å². The minimum atomic E-state index is -1.16. The number of hydrogen-bond acceptors (Lipinski definition) is 0. The van der Waals surface area contributed by atoms with Gasteiger partial charge in [-0.05, 0) is 47.5 Å². The zero-order valence-electron chi connectivity index (χ0n) is 14.0. The third kappa shape index (κ3) is 1.38. The van der Waals surface area contributed by atoms with Gasteiger partial charge in [0, 0.05) is 0 Å². The van der Waals surface area contributed by atoms with Gasteiger partial charge < -0.3 is 0 Å². The van der Waals surface area contributed by atoms with Gasteiger partial charge >= 0.3 is 0 Å². The molecule has 4 rings (SSSR count). The van der Waals surface area contributed by atoms with Crippen molar-refractivity contribution in [2.45, 2.75) is 57.2 Å². The maximum absolute atomic E-state index is 2.75. The van der Waals surface area contributed by atoms with Crippen LogP contribution in [0.15, 0.2) is 23.4 Å². The Morgan fingerprint density at radius 3 is 2.30 bits per heavy atom. The SMILES string of the molecule is C[Si](C)(C)C1=CC2C=CC3C4CCC2C1C34[Si](C)(C)C. The van der Waals surface area contributed by atoms with Gasteiger partial charge in [0.05, 0.1) is 16.1 Å². The van der Waals surface area contributed by atoms with Crippen molar-refractivity contribution in [3.05, 3.63) is 23.4 Å². The van der Waals surface area contributed by atoms with E-state index in [0.717, 1.165) is 34.6 Å². The highest BCUT2D eigenvalue weighted by molar-refractivity contribution is 6.84. The van der Waals surface area contributed by atoms with Crippen molar-refractivity contribution in [3.63, 3.8) is 0 Å². The molecule has 0 aromatic rings. The van der Waals surface area contributed by atoms with E-state index in [1.165, 1.54) is 12.8 Å². The summed E-state index contributed by atoms with van der Waals surface area (Å²) in [5.41, 5.74) is 0. The van der Waals surface area contributed by atoms with Gasteiger partial charge in [-0.25, -0.2) is 0 Å². The molecule has 2 fully saturated rings. The fourth-order valence-corrected chi connectivity index (χ4v) is 12.8. The smallest absolute Gasteiger partial charge is 0.0724 e. The van der Waals surface area contributed by atoms with E-state index in [9.17, 15) is 0 Å². The molecule has 6 atom stereocenters. The predicted octanol–water partition coefficient (Wildman–Crippen LogP) is 5.34. The number of allylic oxidation sites excluding steroid dienone is 4. The topological polar surface area (TPSA) is 0 Å². The van der Waals surface area contributed by atoms with Gasteiger partial charge in [-0.3, -0.25) is 0 Å². The van der Waals surface area contributed by atoms with E-state index in [0.29, 0.717) is 0 Å². The van der Waals surface area contributed by atoms with Gasteiger partial charge in [-0.15, -0.1) is 0 Å². The highest BCUT2D eigenvalue weighted by Crippen LogP contribution is 2.84. The van der Waals surface area contributed by atoms with Gasteiger partial charge in [0.1, 0.15) is 0 Å². The molecule has 4 aliphatic carbocycles. The molecule has 20 heavy (non-hydrogen) atoms. The first-order valence-corrected chi connectivity index (χ1v) is 15.6. The van der Waals surface area contributed by atoms with E-state index in [-0.39, 0.29) is 0 Å². The highest BCUT2D eigenvalue weighted by atomic mass is 28.3. The Kier molecular flexibility index (Phi) is 2.46. The molecular weight excluding hydrogens is 272 g/mol. The minimum Gasteiger partial charge on any atom is -0.0842 e. The Hall–Kier alpha value is -0.0862. The summed E-state index contributed by atoms with van der Waals surface area (Å²) < 4.78 is 0. The Bertz CT molecular complexity index is 517. The van der Waals surface area contributed by atoms with Gasteiger partial charge in [0.2, 0.25) is 0 Å². The lowest BCUT2D eigenvalue weighted by Gasteiger charge is -2.46. The van der Waals surface area contributed by atoms with Gasteiger partial charge in [-0.2, -0.15) is 0 Å². The summed E-state index contributed by atoms with van der Waals surface area (Å²) in [5.74, 6) is 4.75. The first kappa shape index (κ1) is 13.6. The van der Waals surface area contributed by atoms with E-state index < -0.39 is 16.1 Å². The zero-order chi connectivity index (χ0) is 14.5. The van der Waals surface area contributed by atoms with Crippen molar-refractivity contribution in [1.82, 2.24) is 0 Å². The monoisotopic (exact) mass is 302 g/mol. The molecule has 4 aliphatic rings. The highest BCUT2D eigenvalue weighted by Gasteiger charge is 2.76. The lowest BCUT2D eigenvalue weighted by Crippen LogP contribution is -2.45. The van der Waals surface area contributed by atoms with E-state index in [4.69, 9.17) is 0 Å². The third-order valence-electron chi connectivity index (χ3n) is 7.15. The summed E-state index contributed by atoms with van der Waals surface area (Å²) in [6, 6.07) is 0. The molecule has 2 heteroatoms. The maximum Gasteiger partial charge on any atom is 0.0724 e. The fourth-order valence-electron chi connectivity index (χ4n) is 6.58. The Morgan fingerprint density at radius 1 is 1.00 bits per heavy atom. The van der Waals surface area contributed by atoms with Crippen LogP contribution < -0.4 is 0 Å². The van der Waals surface area contributed by atoms with Crippen LogP contribution in [-0.4, -0.2) is 16.1 Å². The molecule has 0 nitrogen and oxygen atoms in total. The Balaban J connectivity index is 1.91. The Morgan fingerprint density at radius 2 is 1.70 bits per heavy atom. The zero-order valence-corrected chi connectivity index (χ0v) is 16.0. The molecule has 2 saturated carbocycles. The van der Waals surface area contributed by atoms with Crippen molar-refractivity contribution < 1.29 is 0 Å². The van der Waals surface area contributed by atoms with Crippen molar-refractivity contribution in [1.29, 1.82) is 0 Å². The third-order valence-corrected chi connectivity index (χ3v) is 13.0. The summed E-state index contributed by atoms with van der Waals surface area (Å²) in [7, 11) is -2.30. The summed E-state index contributed by atoms with van der Waals surface area (Å²) in [4.78, 5) is 0. The average Bonchev–Trinajstić information content (AvgIpc) is 2.79. The molecular formula is C18H30Si2. The summed E-state index contributed by atoms with van der Waals surface area (Å²) >= 11 is 0. The van der Waals surface area contributed by atoms with E-state index in [1.54, 1.807) is 0 Å². The molecule has 0 aromatic heterocycles. The van der Waals surface area contributed by atoms with Crippen LogP contribution in [0.5, 0.6) is 0 Å². The van der Waals surface area contributed by atoms with Crippen molar-refractivity contribution in [2.24, 2.45) is 29.6 Å². The van der Waals surface area contributed by atoms with Crippen LogP contribution in [0.3, 0.4) is 0 Å². The van der Waals surface area contributed by atoms with Crippen molar-refractivity contribution in [3.8, 4) is 0 Å². The average molecular weight is 303 g/mol. The molecule has 0 aromatic carbocycles. The fraction of sp³-hybridized carbons (Fsp3) is 0.778. The number of fused-ring (bicyclic) bond motifs is 1. The normalized spacial score (nSPS) is 48.9. The second-order valence-corrected chi connectivity index (χ2v) is 20.3. The molecule has 110 valence electrons. The lowest BCUT2D eigenvalue weighted by atomic mass is 9.76. The van der Waals surface area contributed by atoms with Crippen LogP contribution in [0.25, 0.3) is 0 Å². The van der Waals surface area contributed by atoms with Crippen molar-refractivity contribution in [2.75, 3.05) is 0 Å². The van der Waals surface area contributed by atoms with Gasteiger partial charge in [-0.1, -0.05) is 62.7 Å². The Labute approximate surface area is 126 Å². The molecule has 0 radical (unpaired) electrons. The lowest BCUT2D eigenvalue weighted by molar-refractivity contribution is 0.256. The summed E-state index contributed by atoms with van der Waals surface area (Å²) in [5, 5.41) is 2.70. The first-order valence-electron chi connectivity index (χ1n) is 8.59. The molecule has 0 heterocycles. The maximum atomic E-state index is 2.75. The van der Waals surface area contributed by atoms with E-state index in [2.05, 4.69) is 57.5 Å². The first-order chi connectivity index (χ1) is 9.19. The second kappa shape index (κ2) is 3.63. The minimum absolute atomic E-state index is 0.740. The molecule has 6 unspecified atom stereocenters. The largest absolute Gasteiger partial charge is 0.0842 e. The van der Waals surface area contributed by atoms with Crippen LogP contribution in [0.4, 0.5) is 0 Å². The number of rotatable bonds is 2. The van der Waals surface area contributed by atoms with E-state index in [1.807, 2.05) is 5.20 Å². The van der Waals surface area contributed by atoms with Crippen LogP contribution in [0.1, 0.15) is 12.8 Å². The van der Waals surface area contributed by atoms with Crippen molar-refractivity contribution >= 4 is 16.1 Å². The molecule has 0 spiro atoms. The van der Waals surface area contributed by atoms with Crippen LogP contribution >= 0.6 is 0 Å². The molecule has 0 amide bonds. The second-order valence-electron chi connectivity index (χ2n) is 9.87.